The summed E-state index contributed by atoms with van der Waals surface area (Å²) in [5.74, 6) is -1.88. The molecule has 1 atom stereocenters. The number of amides is 2. The van der Waals surface area contributed by atoms with Gasteiger partial charge in [0.1, 0.15) is 6.04 Å². The Morgan fingerprint density at radius 2 is 2.08 bits per heavy atom. The van der Waals surface area contributed by atoms with Crippen LogP contribution in [0.25, 0.3) is 0 Å². The van der Waals surface area contributed by atoms with E-state index in [1.165, 1.54) is 23.7 Å². The van der Waals surface area contributed by atoms with Crippen LogP contribution in [0, 0.1) is 10.1 Å². The predicted molar refractivity (Wildman–Crippen MR) is 93.5 cm³/mol. The number of nitrogens with one attached hydrogen (secondary N) is 3. The van der Waals surface area contributed by atoms with Crippen LogP contribution in [-0.4, -0.2) is 40.6 Å². The molecule has 0 aliphatic rings. The molecular formula is C13H16Cl2N6O5. The largest absolute Gasteiger partial charge is 0.365 e. The van der Waals surface area contributed by atoms with Crippen LogP contribution < -0.4 is 22.0 Å². The van der Waals surface area contributed by atoms with E-state index in [2.05, 4.69) is 10.3 Å². The molecule has 1 rings (SSSR count). The van der Waals surface area contributed by atoms with Gasteiger partial charge in [-0.25, -0.2) is 20.6 Å². The van der Waals surface area contributed by atoms with Gasteiger partial charge in [0.2, 0.25) is 0 Å². The molecule has 0 bridgehead atoms. The van der Waals surface area contributed by atoms with Crippen molar-refractivity contribution in [3.63, 3.8) is 0 Å². The highest BCUT2D eigenvalue weighted by Crippen LogP contribution is 2.21. The molecule has 2 amide bonds. The van der Waals surface area contributed by atoms with Crippen molar-refractivity contribution in [2.75, 3.05) is 6.54 Å². The first kappa shape index (κ1) is 21.4. The summed E-state index contributed by atoms with van der Waals surface area (Å²) >= 11 is 11.7. The van der Waals surface area contributed by atoms with E-state index < -0.39 is 28.8 Å². The van der Waals surface area contributed by atoms with E-state index in [4.69, 9.17) is 34.1 Å². The average Bonchev–Trinajstić information content (AvgIpc) is 2.55. The fourth-order valence-corrected chi connectivity index (χ4v) is 2.37. The summed E-state index contributed by atoms with van der Waals surface area (Å²) in [5, 5.41) is 21.0. The molecule has 0 heterocycles. The quantitative estimate of drug-likeness (QED) is 0.104. The summed E-state index contributed by atoms with van der Waals surface area (Å²) in [5.41, 5.74) is 8.46. The molecule has 0 saturated heterocycles. The summed E-state index contributed by atoms with van der Waals surface area (Å²) in [6, 6.07) is 3.14. The van der Waals surface area contributed by atoms with Gasteiger partial charge in [-0.2, -0.15) is 0 Å². The number of carbonyl (C=O) groups is 2. The third-order valence-corrected chi connectivity index (χ3v) is 3.59. The van der Waals surface area contributed by atoms with E-state index >= 15 is 0 Å². The topological polar surface area (TPSA) is 172 Å². The number of guanidine groups is 1. The third-order valence-electron chi connectivity index (χ3n) is 3.05. The summed E-state index contributed by atoms with van der Waals surface area (Å²) in [7, 11) is 0. The van der Waals surface area contributed by atoms with Crippen LogP contribution in [-0.2, 0) is 4.79 Å². The van der Waals surface area contributed by atoms with Gasteiger partial charge in [-0.3, -0.25) is 14.8 Å². The Balaban J connectivity index is 2.68. The number of hydroxylamine groups is 1. The fourth-order valence-electron chi connectivity index (χ4n) is 1.88. The van der Waals surface area contributed by atoms with Crippen molar-refractivity contribution >= 4 is 41.0 Å². The zero-order valence-corrected chi connectivity index (χ0v) is 14.8. The molecule has 0 aliphatic carbocycles. The maximum absolute atomic E-state index is 12.2. The van der Waals surface area contributed by atoms with Crippen molar-refractivity contribution in [2.45, 2.75) is 18.9 Å². The van der Waals surface area contributed by atoms with Gasteiger partial charge in [0.05, 0.1) is 10.6 Å². The Bertz CT molecular complexity index is 714. The van der Waals surface area contributed by atoms with Crippen LogP contribution in [0.15, 0.2) is 23.2 Å². The molecule has 11 nitrogen and oxygen atoms in total. The number of hydrazine groups is 1. The number of carbonyl (C=O) groups excluding carboxylic acids is 2. The molecule has 0 unspecified atom stereocenters. The van der Waals surface area contributed by atoms with Crippen LogP contribution in [0.2, 0.25) is 10.0 Å². The molecule has 142 valence electrons. The van der Waals surface area contributed by atoms with Crippen LogP contribution in [0.1, 0.15) is 23.2 Å². The van der Waals surface area contributed by atoms with E-state index in [9.17, 15) is 19.7 Å². The van der Waals surface area contributed by atoms with Crippen LogP contribution >= 0.6 is 23.2 Å². The highest BCUT2D eigenvalue weighted by molar-refractivity contribution is 6.36. The highest BCUT2D eigenvalue weighted by Gasteiger charge is 2.22. The van der Waals surface area contributed by atoms with Crippen molar-refractivity contribution in [3.05, 3.63) is 43.9 Å². The maximum atomic E-state index is 12.2. The van der Waals surface area contributed by atoms with Crippen molar-refractivity contribution in [3.8, 4) is 0 Å². The van der Waals surface area contributed by atoms with E-state index in [1.54, 1.807) is 5.43 Å². The minimum Gasteiger partial charge on any atom is -0.365 e. The fraction of sp³-hybridized carbons (Fsp3) is 0.308. The van der Waals surface area contributed by atoms with E-state index in [1.807, 2.05) is 0 Å². The van der Waals surface area contributed by atoms with Gasteiger partial charge in [0.15, 0.2) is 5.03 Å². The highest BCUT2D eigenvalue weighted by atomic mass is 35.5. The van der Waals surface area contributed by atoms with Crippen molar-refractivity contribution in [2.24, 2.45) is 10.7 Å². The lowest BCUT2D eigenvalue weighted by Crippen LogP contribution is -2.46. The van der Waals surface area contributed by atoms with Crippen molar-refractivity contribution in [1.82, 2.24) is 16.2 Å². The van der Waals surface area contributed by atoms with Gasteiger partial charge in [-0.15, -0.1) is 0 Å². The molecule has 0 saturated carbocycles. The second-order valence-corrected chi connectivity index (χ2v) is 5.75. The van der Waals surface area contributed by atoms with Crippen LogP contribution in [0.4, 0.5) is 0 Å². The number of hydrogen-bond donors (Lipinski definition) is 5. The summed E-state index contributed by atoms with van der Waals surface area (Å²) in [6.45, 7) is 0.0550. The van der Waals surface area contributed by atoms with E-state index in [0.717, 1.165) is 0 Å². The lowest BCUT2D eigenvalue weighted by Gasteiger charge is -2.17. The molecule has 1 aromatic carbocycles. The predicted octanol–water partition coefficient (Wildman–Crippen LogP) is 0.473. The Morgan fingerprint density at radius 1 is 1.38 bits per heavy atom. The van der Waals surface area contributed by atoms with Crippen molar-refractivity contribution in [1.29, 1.82) is 0 Å². The second-order valence-electron chi connectivity index (χ2n) is 4.90. The Morgan fingerprint density at radius 3 is 2.65 bits per heavy atom. The van der Waals surface area contributed by atoms with Gasteiger partial charge in [0, 0.05) is 11.6 Å². The molecule has 0 aromatic heterocycles. The SMILES string of the molecule is NC(=NCCC[C@H](NC(=O)c1ccc(Cl)cc1Cl)C(=O)NO)N[N+](=O)[O-]. The van der Waals surface area contributed by atoms with Gasteiger partial charge in [0.25, 0.3) is 17.8 Å². The van der Waals surface area contributed by atoms with Crippen LogP contribution in [0.3, 0.4) is 0 Å². The van der Waals surface area contributed by atoms with E-state index in [-0.39, 0.29) is 30.0 Å². The Hall–Kier alpha value is -2.63. The van der Waals surface area contributed by atoms with E-state index in [0.29, 0.717) is 5.02 Å². The summed E-state index contributed by atoms with van der Waals surface area (Å²) in [4.78, 5) is 37.8. The first-order valence-electron chi connectivity index (χ1n) is 7.15. The number of nitro groups is 1. The second kappa shape index (κ2) is 10.4. The number of nitrogens with zero attached hydrogens (tertiary/aromatic N) is 2. The minimum absolute atomic E-state index is 0.0550. The number of hydrogen-bond acceptors (Lipinski definition) is 6. The Labute approximate surface area is 157 Å². The average molecular weight is 407 g/mol. The number of halogens is 2. The summed E-state index contributed by atoms with van der Waals surface area (Å²) in [6.07, 6.45) is 0.325. The first-order valence-corrected chi connectivity index (χ1v) is 7.91. The summed E-state index contributed by atoms with van der Waals surface area (Å²) < 4.78 is 0. The Kier molecular flexibility index (Phi) is 8.55. The van der Waals surface area contributed by atoms with Gasteiger partial charge in [-0.1, -0.05) is 28.6 Å². The number of nitrogens with two attached hydrogens (primary N) is 1. The smallest absolute Gasteiger partial charge is 0.265 e. The van der Waals surface area contributed by atoms with Crippen molar-refractivity contribution < 1.29 is 19.8 Å². The molecule has 0 fully saturated rings. The molecule has 0 spiro atoms. The molecule has 26 heavy (non-hydrogen) atoms. The molecule has 6 N–H and O–H groups in total. The lowest BCUT2D eigenvalue weighted by molar-refractivity contribution is -0.525. The van der Waals surface area contributed by atoms with Crippen LogP contribution in [0.5, 0.6) is 0 Å². The molecule has 13 heteroatoms. The standard InChI is InChI=1S/C13H16Cl2N6O5/c14-7-3-4-8(9(15)6-7)11(22)18-10(12(23)20-24)2-1-5-17-13(16)19-21(25)26/h3-4,6,10,24H,1-2,5H2,(H,18,22)(H,20,23)(H3,16,17,19)/t10-/m0/s1. The number of rotatable bonds is 8. The monoisotopic (exact) mass is 406 g/mol. The number of aliphatic imine (C=N–C) groups is 1. The first-order chi connectivity index (χ1) is 12.2. The lowest BCUT2D eigenvalue weighted by atomic mass is 10.1. The van der Waals surface area contributed by atoms with Gasteiger partial charge < -0.3 is 11.1 Å². The molecule has 0 radical (unpaired) electrons. The zero-order chi connectivity index (χ0) is 19.7. The molecular weight excluding hydrogens is 391 g/mol. The molecule has 1 aromatic rings. The third kappa shape index (κ3) is 7.09. The maximum Gasteiger partial charge on any atom is 0.265 e. The zero-order valence-electron chi connectivity index (χ0n) is 13.2. The van der Waals surface area contributed by atoms with Gasteiger partial charge >= 0.3 is 0 Å². The van der Waals surface area contributed by atoms with Gasteiger partial charge in [-0.05, 0) is 31.0 Å². The normalized spacial score (nSPS) is 12.2. The number of benzene rings is 1. The minimum atomic E-state index is -1.08. The molecule has 0 aliphatic heterocycles.